The van der Waals surface area contributed by atoms with E-state index in [2.05, 4.69) is 34.7 Å². The predicted molar refractivity (Wildman–Crippen MR) is 121 cm³/mol. The molecule has 0 unspecified atom stereocenters. The Morgan fingerprint density at radius 2 is 2.03 bits per heavy atom. The summed E-state index contributed by atoms with van der Waals surface area (Å²) in [4.78, 5) is 26.4. The molecule has 8 heteroatoms. The topological polar surface area (TPSA) is 84.7 Å². The number of aromatic nitrogens is 1. The second-order valence-corrected chi connectivity index (χ2v) is 8.96. The van der Waals surface area contributed by atoms with Crippen LogP contribution in [0, 0.1) is 6.92 Å². The number of nitrogens with zero attached hydrogens (tertiary/aromatic N) is 2. The van der Waals surface area contributed by atoms with Gasteiger partial charge < -0.3 is 19.5 Å². The number of ether oxygens (including phenoxy) is 1. The highest BCUT2D eigenvalue weighted by molar-refractivity contribution is 8.01. The van der Waals surface area contributed by atoms with Crippen molar-refractivity contribution in [1.29, 1.82) is 0 Å². The summed E-state index contributed by atoms with van der Waals surface area (Å²) in [7, 11) is 0. The summed E-state index contributed by atoms with van der Waals surface area (Å²) in [5, 5.41) is 8.45. The first-order valence-corrected chi connectivity index (χ1v) is 11.3. The number of aryl methyl sites for hydroxylation is 1. The number of fused-ring (bicyclic) bond motifs is 1. The van der Waals surface area contributed by atoms with Crippen LogP contribution in [-0.2, 0) is 20.9 Å². The van der Waals surface area contributed by atoms with Crippen LogP contribution in [0.25, 0.3) is 10.8 Å². The van der Waals surface area contributed by atoms with E-state index in [4.69, 9.17) is 9.26 Å². The summed E-state index contributed by atoms with van der Waals surface area (Å²) in [5.41, 5.74) is 1.15. The van der Waals surface area contributed by atoms with E-state index in [1.807, 2.05) is 18.2 Å². The first kappa shape index (κ1) is 21.4. The molecule has 1 aliphatic rings. The van der Waals surface area contributed by atoms with Crippen LogP contribution in [0.1, 0.15) is 18.2 Å². The number of nitrogens with one attached hydrogen (secondary N) is 1. The maximum Gasteiger partial charge on any atom is 0.238 e. The largest absolute Gasteiger partial charge is 0.370 e. The van der Waals surface area contributed by atoms with Gasteiger partial charge in [0.15, 0.2) is 5.82 Å². The Morgan fingerprint density at radius 3 is 2.81 bits per heavy atom. The molecule has 3 aromatic rings. The maximum atomic E-state index is 12.4. The molecule has 1 atom stereocenters. The Labute approximate surface area is 185 Å². The predicted octanol–water partition coefficient (Wildman–Crippen LogP) is 3.62. The molecule has 0 radical (unpaired) electrons. The van der Waals surface area contributed by atoms with Crippen molar-refractivity contribution in [2.24, 2.45) is 0 Å². The van der Waals surface area contributed by atoms with E-state index >= 15 is 0 Å². The molecule has 2 amide bonds. The van der Waals surface area contributed by atoms with Crippen molar-refractivity contribution < 1.29 is 18.8 Å². The van der Waals surface area contributed by atoms with Crippen molar-refractivity contribution in [1.82, 2.24) is 10.1 Å². The molecule has 0 saturated carbocycles. The quantitative estimate of drug-likeness (QED) is 0.577. The summed E-state index contributed by atoms with van der Waals surface area (Å²) < 4.78 is 10.9. The standard InChI is InChI=1S/C23H25N3O4S/c1-15-10-21(25-30-15)24-23(28)16(2)31-14-22(27)26-11-19(12-26)29-13-18-8-5-7-17-6-3-4-9-20(17)18/h3-10,16,19H,11-14H2,1-2H3,(H,24,25,28)/t16-/m0/s1. The van der Waals surface area contributed by atoms with Crippen molar-refractivity contribution in [2.45, 2.75) is 31.8 Å². The molecule has 1 fully saturated rings. The van der Waals surface area contributed by atoms with Crippen LogP contribution in [0.4, 0.5) is 5.82 Å². The van der Waals surface area contributed by atoms with Gasteiger partial charge in [-0.05, 0) is 30.2 Å². The van der Waals surface area contributed by atoms with E-state index in [1.165, 1.54) is 22.5 Å². The Kier molecular flexibility index (Phi) is 6.58. The van der Waals surface area contributed by atoms with Crippen LogP contribution >= 0.6 is 11.8 Å². The van der Waals surface area contributed by atoms with Crippen molar-refractivity contribution in [3.63, 3.8) is 0 Å². The van der Waals surface area contributed by atoms with E-state index in [0.717, 1.165) is 5.56 Å². The van der Waals surface area contributed by atoms with Gasteiger partial charge in [0, 0.05) is 19.2 Å². The third kappa shape index (κ3) is 5.26. The molecule has 0 aliphatic carbocycles. The van der Waals surface area contributed by atoms with Gasteiger partial charge in [0.1, 0.15) is 5.76 Å². The highest BCUT2D eigenvalue weighted by Crippen LogP contribution is 2.22. The fraction of sp³-hybridized carbons (Fsp3) is 0.348. The minimum atomic E-state index is -0.374. The van der Waals surface area contributed by atoms with Gasteiger partial charge in [-0.1, -0.05) is 47.6 Å². The van der Waals surface area contributed by atoms with Crippen molar-refractivity contribution >= 4 is 40.2 Å². The number of rotatable bonds is 8. The molecule has 4 rings (SSSR count). The molecule has 0 spiro atoms. The zero-order valence-electron chi connectivity index (χ0n) is 17.5. The lowest BCUT2D eigenvalue weighted by Gasteiger charge is -2.39. The summed E-state index contributed by atoms with van der Waals surface area (Å²) in [5.74, 6) is 1.08. The van der Waals surface area contributed by atoms with Crippen LogP contribution in [0.2, 0.25) is 0 Å². The van der Waals surface area contributed by atoms with Gasteiger partial charge in [0.25, 0.3) is 0 Å². The second-order valence-electron chi connectivity index (χ2n) is 7.64. The van der Waals surface area contributed by atoms with Gasteiger partial charge in [0.2, 0.25) is 11.8 Å². The number of amides is 2. The van der Waals surface area contributed by atoms with Crippen LogP contribution in [0.3, 0.4) is 0 Å². The van der Waals surface area contributed by atoms with Gasteiger partial charge in [-0.25, -0.2) is 0 Å². The first-order chi connectivity index (χ1) is 15.0. The lowest BCUT2D eigenvalue weighted by Crippen LogP contribution is -2.55. The van der Waals surface area contributed by atoms with E-state index in [1.54, 1.807) is 24.8 Å². The van der Waals surface area contributed by atoms with Crippen LogP contribution < -0.4 is 5.32 Å². The van der Waals surface area contributed by atoms with E-state index in [0.29, 0.717) is 31.3 Å². The Hall–Kier alpha value is -2.84. The van der Waals surface area contributed by atoms with Crippen molar-refractivity contribution in [3.05, 3.63) is 59.9 Å². The van der Waals surface area contributed by atoms with Crippen LogP contribution in [0.15, 0.2) is 53.1 Å². The summed E-state index contributed by atoms with van der Waals surface area (Å²) in [6.07, 6.45) is 0.0454. The Morgan fingerprint density at radius 1 is 1.26 bits per heavy atom. The Bertz CT molecular complexity index is 1070. The van der Waals surface area contributed by atoms with Crippen LogP contribution in [-0.4, -0.2) is 52.1 Å². The minimum absolute atomic E-state index is 0.0203. The SMILES string of the molecule is Cc1cc(NC(=O)[C@H](C)SCC(=O)N2CC(OCc3cccc4ccccc34)C2)no1. The molecule has 7 nitrogen and oxygen atoms in total. The molecule has 0 bridgehead atoms. The van der Waals surface area contributed by atoms with Crippen LogP contribution in [0.5, 0.6) is 0 Å². The highest BCUT2D eigenvalue weighted by atomic mass is 32.2. The molecule has 1 aliphatic heterocycles. The molecular formula is C23H25N3O4S. The smallest absolute Gasteiger partial charge is 0.238 e. The van der Waals surface area contributed by atoms with Gasteiger partial charge in [0.05, 0.1) is 23.7 Å². The number of carbonyl (C=O) groups excluding carboxylic acids is 2. The fourth-order valence-electron chi connectivity index (χ4n) is 3.39. The van der Waals surface area contributed by atoms with Gasteiger partial charge >= 0.3 is 0 Å². The average Bonchev–Trinajstić information content (AvgIpc) is 3.15. The number of likely N-dealkylation sites (tertiary alicyclic amines) is 1. The zero-order chi connectivity index (χ0) is 21.8. The number of anilines is 1. The highest BCUT2D eigenvalue weighted by Gasteiger charge is 2.31. The zero-order valence-corrected chi connectivity index (χ0v) is 18.4. The molecule has 2 heterocycles. The lowest BCUT2D eigenvalue weighted by atomic mass is 10.1. The first-order valence-electron chi connectivity index (χ1n) is 10.2. The minimum Gasteiger partial charge on any atom is -0.370 e. The van der Waals surface area contributed by atoms with Gasteiger partial charge in [-0.2, -0.15) is 0 Å². The third-order valence-electron chi connectivity index (χ3n) is 5.26. The number of hydrogen-bond donors (Lipinski definition) is 1. The van der Waals surface area contributed by atoms with Gasteiger partial charge in [-0.3, -0.25) is 9.59 Å². The lowest BCUT2D eigenvalue weighted by molar-refractivity contribution is -0.142. The fourth-order valence-corrected chi connectivity index (χ4v) is 4.18. The summed E-state index contributed by atoms with van der Waals surface area (Å²) >= 11 is 1.31. The molecule has 31 heavy (non-hydrogen) atoms. The molecule has 1 aromatic heterocycles. The monoisotopic (exact) mass is 439 g/mol. The number of carbonyl (C=O) groups is 2. The molecule has 1 saturated heterocycles. The Balaban J connectivity index is 1.17. The summed E-state index contributed by atoms with van der Waals surface area (Å²) in [6.45, 7) is 5.23. The average molecular weight is 440 g/mol. The summed E-state index contributed by atoms with van der Waals surface area (Å²) in [6, 6.07) is 16.1. The van der Waals surface area contributed by atoms with Gasteiger partial charge in [-0.15, -0.1) is 11.8 Å². The van der Waals surface area contributed by atoms with E-state index in [9.17, 15) is 9.59 Å². The third-order valence-corrected chi connectivity index (χ3v) is 6.39. The normalized spacial score (nSPS) is 15.0. The molecule has 2 aromatic carbocycles. The molecule has 1 N–H and O–H groups in total. The van der Waals surface area contributed by atoms with E-state index in [-0.39, 0.29) is 28.9 Å². The number of thioether (sulfide) groups is 1. The number of benzene rings is 2. The van der Waals surface area contributed by atoms with Crippen molar-refractivity contribution in [2.75, 3.05) is 24.2 Å². The maximum absolute atomic E-state index is 12.4. The molecule has 162 valence electrons. The van der Waals surface area contributed by atoms with E-state index < -0.39 is 0 Å². The van der Waals surface area contributed by atoms with Crippen molar-refractivity contribution in [3.8, 4) is 0 Å². The second kappa shape index (κ2) is 9.53. The number of hydrogen-bond acceptors (Lipinski definition) is 6. The molecular weight excluding hydrogens is 414 g/mol.